The summed E-state index contributed by atoms with van der Waals surface area (Å²) in [7, 11) is 2.05. The number of ether oxygens (including phenoxy) is 1. The number of amides is 1. The summed E-state index contributed by atoms with van der Waals surface area (Å²) in [6.07, 6.45) is 15.3. The first-order chi connectivity index (χ1) is 11.7. The molecule has 5 heteroatoms. The second-order valence-electron chi connectivity index (χ2n) is 7.16. The predicted molar refractivity (Wildman–Crippen MR) is 100 cm³/mol. The third kappa shape index (κ3) is 10.1. The van der Waals surface area contributed by atoms with Gasteiger partial charge in [-0.3, -0.25) is 0 Å². The molecule has 24 heavy (non-hydrogen) atoms. The first-order valence-corrected chi connectivity index (χ1v) is 10.0. The maximum atomic E-state index is 10.9. The van der Waals surface area contributed by atoms with Gasteiger partial charge in [-0.25, -0.2) is 4.79 Å². The van der Waals surface area contributed by atoms with Crippen molar-refractivity contribution in [3.63, 3.8) is 0 Å². The van der Waals surface area contributed by atoms with E-state index in [0.717, 1.165) is 18.9 Å². The number of nitrogens with two attached hydrogens (primary N) is 1. The Hall–Kier alpha value is -0.810. The fraction of sp³-hybridized carbons (Fsp3) is 0.947. The largest absolute Gasteiger partial charge is 0.450 e. The minimum atomic E-state index is -0.264. The Morgan fingerprint density at radius 3 is 1.71 bits per heavy atom. The lowest BCUT2D eigenvalue weighted by Gasteiger charge is -2.10. The van der Waals surface area contributed by atoms with Gasteiger partial charge in [-0.15, -0.1) is 0 Å². The summed E-state index contributed by atoms with van der Waals surface area (Å²) in [5.74, 6) is 0. The van der Waals surface area contributed by atoms with Crippen LogP contribution in [0.1, 0.15) is 84.0 Å². The quantitative estimate of drug-likeness (QED) is 0.731. The van der Waals surface area contributed by atoms with Crippen molar-refractivity contribution in [3.8, 4) is 0 Å². The molecular formula is C19H39N3O2. The van der Waals surface area contributed by atoms with Gasteiger partial charge < -0.3 is 21.1 Å². The Kier molecular flexibility index (Phi) is 11.9. The third-order valence-electron chi connectivity index (χ3n) is 5.12. The molecule has 0 heterocycles. The molecule has 0 saturated heterocycles. The zero-order chi connectivity index (χ0) is 17.6. The summed E-state index contributed by atoms with van der Waals surface area (Å²) in [5, 5.41) is 6.08. The molecule has 0 bridgehead atoms. The van der Waals surface area contributed by atoms with Crippen LogP contribution in [0.2, 0.25) is 0 Å². The molecule has 142 valence electrons. The zero-order valence-electron chi connectivity index (χ0n) is 15.8. The summed E-state index contributed by atoms with van der Waals surface area (Å²) in [5.41, 5.74) is 5.53. The van der Waals surface area contributed by atoms with Crippen LogP contribution in [0.3, 0.4) is 0 Å². The summed E-state index contributed by atoms with van der Waals surface area (Å²) < 4.78 is 4.75. The maximum Gasteiger partial charge on any atom is 0.407 e. The normalized spacial score (nSPS) is 21.6. The van der Waals surface area contributed by atoms with E-state index in [2.05, 4.69) is 17.7 Å². The number of alkyl carbamates (subject to hydrolysis) is 1. The number of carbonyl (C=O) groups is 1. The van der Waals surface area contributed by atoms with Gasteiger partial charge in [0.05, 0.1) is 6.61 Å². The molecule has 3 aliphatic rings. The average molecular weight is 342 g/mol. The van der Waals surface area contributed by atoms with Gasteiger partial charge in [0.1, 0.15) is 0 Å². The first kappa shape index (κ1) is 21.2. The molecule has 5 nitrogen and oxygen atoms in total. The summed E-state index contributed by atoms with van der Waals surface area (Å²) >= 11 is 0. The molecule has 1 amide bonds. The number of nitrogens with one attached hydrogen (secondary N) is 2. The zero-order valence-corrected chi connectivity index (χ0v) is 15.8. The Labute approximate surface area is 148 Å². The van der Waals surface area contributed by atoms with Crippen molar-refractivity contribution in [1.29, 1.82) is 0 Å². The smallest absolute Gasteiger partial charge is 0.407 e. The average Bonchev–Trinajstić information content (AvgIpc) is 3.32. The SMILES string of the molecule is CCOC(=O)NC1CCCC1.CNC1CCCC1.NC1CCCC1. The van der Waals surface area contributed by atoms with Crippen molar-refractivity contribution in [3.05, 3.63) is 0 Å². The van der Waals surface area contributed by atoms with Gasteiger partial charge in [-0.05, 0) is 52.5 Å². The standard InChI is InChI=1S/C8H15NO2.C6H13N.C5H11N/c1-2-11-8(10)9-7-5-3-4-6-7;1-7-6-4-2-3-5-6;6-5-3-1-2-4-5/h7H,2-6H2,1H3,(H,9,10);6-7H,2-5H2,1H3;5H,1-4,6H2. The molecular weight excluding hydrogens is 302 g/mol. The van der Waals surface area contributed by atoms with Crippen molar-refractivity contribution in [1.82, 2.24) is 10.6 Å². The van der Waals surface area contributed by atoms with E-state index in [0.29, 0.717) is 18.7 Å². The lowest BCUT2D eigenvalue weighted by molar-refractivity contribution is 0.148. The van der Waals surface area contributed by atoms with Crippen molar-refractivity contribution in [2.75, 3.05) is 13.7 Å². The molecule has 0 aromatic heterocycles. The summed E-state index contributed by atoms with van der Waals surface area (Å²) in [4.78, 5) is 10.9. The van der Waals surface area contributed by atoms with E-state index in [-0.39, 0.29) is 6.09 Å². The van der Waals surface area contributed by atoms with E-state index >= 15 is 0 Å². The molecule has 0 radical (unpaired) electrons. The predicted octanol–water partition coefficient (Wildman–Crippen LogP) is 3.71. The first-order valence-electron chi connectivity index (χ1n) is 10.0. The molecule has 3 fully saturated rings. The minimum Gasteiger partial charge on any atom is -0.450 e. The van der Waals surface area contributed by atoms with Gasteiger partial charge in [-0.1, -0.05) is 38.5 Å². The van der Waals surface area contributed by atoms with E-state index in [1.165, 1.54) is 64.2 Å². The highest BCUT2D eigenvalue weighted by Crippen LogP contribution is 2.17. The topological polar surface area (TPSA) is 76.4 Å². The second-order valence-corrected chi connectivity index (χ2v) is 7.16. The van der Waals surface area contributed by atoms with Crippen molar-refractivity contribution in [2.45, 2.75) is 102 Å². The van der Waals surface area contributed by atoms with E-state index in [4.69, 9.17) is 10.5 Å². The van der Waals surface area contributed by atoms with Crippen LogP contribution in [0.25, 0.3) is 0 Å². The fourth-order valence-corrected chi connectivity index (χ4v) is 3.58. The Morgan fingerprint density at radius 1 is 0.917 bits per heavy atom. The maximum absolute atomic E-state index is 10.9. The second kappa shape index (κ2) is 13.5. The van der Waals surface area contributed by atoms with Crippen LogP contribution in [0.5, 0.6) is 0 Å². The van der Waals surface area contributed by atoms with Crippen LogP contribution in [-0.2, 0) is 4.74 Å². The molecule has 0 spiro atoms. The molecule has 0 aromatic rings. The Balaban J connectivity index is 0.000000191. The Bertz CT molecular complexity index is 308. The molecule has 3 saturated carbocycles. The highest BCUT2D eigenvalue weighted by molar-refractivity contribution is 5.67. The van der Waals surface area contributed by atoms with Crippen molar-refractivity contribution < 1.29 is 9.53 Å². The van der Waals surface area contributed by atoms with E-state index < -0.39 is 0 Å². The van der Waals surface area contributed by atoms with Gasteiger partial charge in [0.15, 0.2) is 0 Å². The number of hydrogen-bond donors (Lipinski definition) is 3. The summed E-state index contributed by atoms with van der Waals surface area (Å²) in [6.45, 7) is 2.27. The van der Waals surface area contributed by atoms with Crippen LogP contribution in [0, 0.1) is 0 Å². The minimum absolute atomic E-state index is 0.264. The van der Waals surface area contributed by atoms with E-state index in [1.807, 2.05) is 6.92 Å². The summed E-state index contributed by atoms with van der Waals surface area (Å²) in [6, 6.07) is 1.76. The monoisotopic (exact) mass is 341 g/mol. The molecule has 0 aromatic carbocycles. The molecule has 3 aliphatic carbocycles. The van der Waals surface area contributed by atoms with Crippen LogP contribution in [0.15, 0.2) is 0 Å². The number of rotatable bonds is 3. The fourth-order valence-electron chi connectivity index (χ4n) is 3.58. The number of hydrogen-bond acceptors (Lipinski definition) is 4. The molecule has 4 N–H and O–H groups in total. The van der Waals surface area contributed by atoms with Crippen LogP contribution in [0.4, 0.5) is 4.79 Å². The Morgan fingerprint density at radius 2 is 1.38 bits per heavy atom. The third-order valence-corrected chi connectivity index (χ3v) is 5.12. The van der Waals surface area contributed by atoms with Gasteiger partial charge in [0, 0.05) is 18.1 Å². The number of carbonyl (C=O) groups excluding carboxylic acids is 1. The molecule has 3 rings (SSSR count). The van der Waals surface area contributed by atoms with Crippen molar-refractivity contribution in [2.24, 2.45) is 5.73 Å². The lowest BCUT2D eigenvalue weighted by Crippen LogP contribution is -2.32. The van der Waals surface area contributed by atoms with Crippen LogP contribution < -0.4 is 16.4 Å². The molecule has 0 atom stereocenters. The van der Waals surface area contributed by atoms with Crippen molar-refractivity contribution >= 4 is 6.09 Å². The molecule has 0 aliphatic heterocycles. The lowest BCUT2D eigenvalue weighted by atomic mass is 10.3. The van der Waals surface area contributed by atoms with E-state index in [9.17, 15) is 4.79 Å². The van der Waals surface area contributed by atoms with Gasteiger partial charge in [0.2, 0.25) is 0 Å². The van der Waals surface area contributed by atoms with Gasteiger partial charge in [0.25, 0.3) is 0 Å². The van der Waals surface area contributed by atoms with E-state index in [1.54, 1.807) is 0 Å². The van der Waals surface area contributed by atoms with Crippen LogP contribution in [-0.4, -0.2) is 37.9 Å². The molecule has 0 unspecified atom stereocenters. The highest BCUT2D eigenvalue weighted by atomic mass is 16.5. The van der Waals surface area contributed by atoms with Crippen LogP contribution >= 0.6 is 0 Å². The highest BCUT2D eigenvalue weighted by Gasteiger charge is 2.17. The van der Waals surface area contributed by atoms with Gasteiger partial charge in [-0.2, -0.15) is 0 Å². The van der Waals surface area contributed by atoms with Gasteiger partial charge >= 0.3 is 6.09 Å².